The Kier molecular flexibility index (Phi) is 6.09. The van der Waals surface area contributed by atoms with Crippen LogP contribution in [0.5, 0.6) is 11.5 Å². The van der Waals surface area contributed by atoms with Gasteiger partial charge >= 0.3 is 0 Å². The van der Waals surface area contributed by atoms with Crippen molar-refractivity contribution < 1.29 is 29.9 Å². The van der Waals surface area contributed by atoms with Gasteiger partial charge in [0.15, 0.2) is 0 Å². The van der Waals surface area contributed by atoms with Crippen LogP contribution in [0.25, 0.3) is 27.6 Å². The van der Waals surface area contributed by atoms with Crippen LogP contribution >= 0.6 is 0 Å². The number of pyridine rings is 1. The van der Waals surface area contributed by atoms with Crippen molar-refractivity contribution >= 4 is 38.9 Å². The molecule has 8 aromatic rings. The van der Waals surface area contributed by atoms with Crippen LogP contribution in [0.4, 0.5) is 17.1 Å². The van der Waals surface area contributed by atoms with Crippen LogP contribution < -0.4 is 14.5 Å². The number of hydrogen-bond acceptors (Lipinski definition) is 4. The van der Waals surface area contributed by atoms with E-state index in [1.54, 1.807) is 6.67 Å². The van der Waals surface area contributed by atoms with Gasteiger partial charge < -0.3 is 19.1 Å². The van der Waals surface area contributed by atoms with E-state index in [-0.39, 0.29) is 32.9 Å². The van der Waals surface area contributed by atoms with Crippen LogP contribution in [-0.4, -0.2) is 16.5 Å². The normalized spacial score (nSPS) is 17.5. The second-order valence-corrected chi connectivity index (χ2v) is 13.1. The van der Waals surface area contributed by atoms with Gasteiger partial charge in [0.2, 0.25) is 0 Å². The Balaban J connectivity index is 0.00000361. The summed E-state index contributed by atoms with van der Waals surface area (Å²) in [4.78, 5) is 8.62. The van der Waals surface area contributed by atoms with Gasteiger partial charge in [0.25, 0.3) is 0 Å². The number of hydrogen-bond donors (Lipinski definition) is 0. The molecule has 0 amide bonds. The third-order valence-electron chi connectivity index (χ3n) is 10.4. The molecule has 248 valence electrons. The van der Waals surface area contributed by atoms with Crippen molar-refractivity contribution in [3.05, 3.63) is 192 Å². The van der Waals surface area contributed by atoms with Crippen LogP contribution in [-0.2, 0) is 21.1 Å². The fourth-order valence-electron chi connectivity index (χ4n) is 8.34. The molecule has 0 fully saturated rings. The smallest absolute Gasteiger partial charge is 0.135 e. The van der Waals surface area contributed by atoms with Crippen LogP contribution in [0.3, 0.4) is 0 Å². The number of benzene rings is 6. The Bertz CT molecular complexity index is 2750. The van der Waals surface area contributed by atoms with Crippen molar-refractivity contribution in [2.24, 2.45) is 0 Å². The van der Waals surface area contributed by atoms with Crippen LogP contribution in [0.15, 0.2) is 140 Å². The van der Waals surface area contributed by atoms with Gasteiger partial charge in [-0.05, 0) is 64.4 Å². The van der Waals surface area contributed by atoms with E-state index in [1.807, 2.05) is 53.4 Å². The van der Waals surface area contributed by atoms with Gasteiger partial charge in [-0.1, -0.05) is 90.4 Å². The second-order valence-electron chi connectivity index (χ2n) is 13.1. The van der Waals surface area contributed by atoms with Crippen molar-refractivity contribution in [3.63, 3.8) is 0 Å². The van der Waals surface area contributed by atoms with E-state index >= 15 is 0 Å². The number of fused-ring (bicyclic) bond motifs is 4. The summed E-state index contributed by atoms with van der Waals surface area (Å²) in [6.07, 6.45) is 0. The van der Waals surface area contributed by atoms with Crippen molar-refractivity contribution in [1.82, 2.24) is 9.55 Å². The molecule has 6 aromatic carbocycles. The second kappa shape index (κ2) is 11.4. The molecule has 1 aliphatic heterocycles. The first-order chi connectivity index (χ1) is 25.9. The number of nitrogens with zero attached hydrogens (tertiary/aromatic N) is 4. The summed E-state index contributed by atoms with van der Waals surface area (Å²) in [5.41, 5.74) is 11.7. The van der Waals surface area contributed by atoms with E-state index < -0.39 is 6.98 Å². The fraction of sp³-hybridized carbons (Fsp3) is 0.0667. The van der Waals surface area contributed by atoms with E-state index in [4.69, 9.17) is 13.8 Å². The zero-order chi connectivity index (χ0) is 35.4. The first kappa shape index (κ1) is 27.1. The van der Waals surface area contributed by atoms with Gasteiger partial charge in [-0.3, -0.25) is 0 Å². The molecular formula is C45H29N4OPt-3. The SMILES string of the molecule is [2H]C([2H])([2H])N1[CH-]N(c2[c-]c(Oc3[c-]c4c(cc3)c3ccccc3n4-c3ccc4c(n3)C3c5ccccc5C4c4ccccc43)ccc2)c2ccccc21.[Pt]. The monoisotopic (exact) mass is 839 g/mol. The molecule has 0 spiro atoms. The minimum atomic E-state index is -2.33. The number of para-hydroxylation sites is 3. The molecule has 12 rings (SSSR count). The van der Waals surface area contributed by atoms with E-state index in [0.29, 0.717) is 22.9 Å². The quantitative estimate of drug-likeness (QED) is 0.165. The van der Waals surface area contributed by atoms with Gasteiger partial charge in [0.1, 0.15) is 5.82 Å². The van der Waals surface area contributed by atoms with Gasteiger partial charge in [-0.15, -0.1) is 41.4 Å². The molecule has 0 saturated carbocycles. The average Bonchev–Trinajstić information content (AvgIpc) is 3.74. The zero-order valence-electron chi connectivity index (χ0n) is 30.0. The summed E-state index contributed by atoms with van der Waals surface area (Å²) in [5.74, 6) is 2.07. The molecule has 0 N–H and O–H groups in total. The van der Waals surface area contributed by atoms with Gasteiger partial charge in [0, 0.05) is 59.5 Å². The third-order valence-corrected chi connectivity index (χ3v) is 10.4. The fourth-order valence-corrected chi connectivity index (χ4v) is 8.34. The van der Waals surface area contributed by atoms with Gasteiger partial charge in [-0.25, -0.2) is 4.98 Å². The number of rotatable bonds is 4. The first-order valence-corrected chi connectivity index (χ1v) is 16.8. The van der Waals surface area contributed by atoms with E-state index in [9.17, 15) is 0 Å². The molecule has 0 saturated heterocycles. The average molecular weight is 840 g/mol. The van der Waals surface area contributed by atoms with E-state index in [0.717, 1.165) is 39.0 Å². The number of anilines is 3. The number of aromatic nitrogens is 2. The topological polar surface area (TPSA) is 33.5 Å². The molecule has 0 unspecified atom stereocenters. The Hall–Kier alpha value is -5.64. The first-order valence-electron chi connectivity index (χ1n) is 18.3. The van der Waals surface area contributed by atoms with Crippen molar-refractivity contribution in [2.75, 3.05) is 16.8 Å². The molecule has 6 heteroatoms. The molecule has 2 bridgehead atoms. The standard InChI is InChI=1S/C45H29N4O.Pt/c1-47-27-48(40-20-9-8-19-39(40)47)28-11-10-12-29(25-28)50-30-21-22-32-31-13-6-7-18-38(31)49(41(32)26-30)42-24-23-37-43-33-14-2-4-16-35(33)44(45(37)46-42)36-17-5-3-15-34(36)43;/h2-24,27,43-44H,1H3;/q-3;/i1D3;. The van der Waals surface area contributed by atoms with Crippen LogP contribution in [0.2, 0.25) is 0 Å². The Morgan fingerprint density at radius 3 is 2.10 bits per heavy atom. The Labute approximate surface area is 314 Å². The maximum atomic E-state index is 8.07. The Morgan fingerprint density at radius 2 is 1.31 bits per heavy atom. The summed E-state index contributed by atoms with van der Waals surface area (Å²) in [7, 11) is 0. The van der Waals surface area contributed by atoms with Crippen LogP contribution in [0, 0.1) is 18.8 Å². The maximum absolute atomic E-state index is 8.07. The molecular weight excluding hydrogens is 808 g/mol. The minimum Gasteiger partial charge on any atom is -0.509 e. The van der Waals surface area contributed by atoms with E-state index in [2.05, 4.69) is 108 Å². The van der Waals surface area contributed by atoms with Crippen LogP contribution in [0.1, 0.15) is 49.5 Å². The molecule has 4 aliphatic rings. The summed E-state index contributed by atoms with van der Waals surface area (Å²) in [6, 6.07) is 54.4. The predicted molar refractivity (Wildman–Crippen MR) is 199 cm³/mol. The largest absolute Gasteiger partial charge is 0.509 e. The summed E-state index contributed by atoms with van der Waals surface area (Å²) in [5, 5.41) is 2.16. The molecule has 3 heterocycles. The third kappa shape index (κ3) is 4.41. The molecule has 0 atom stereocenters. The summed E-state index contributed by atoms with van der Waals surface area (Å²) >= 11 is 0. The summed E-state index contributed by atoms with van der Waals surface area (Å²) < 4.78 is 32.9. The zero-order valence-corrected chi connectivity index (χ0v) is 29.3. The molecule has 5 nitrogen and oxygen atoms in total. The van der Waals surface area contributed by atoms with Gasteiger partial charge in [-0.2, -0.15) is 18.8 Å². The van der Waals surface area contributed by atoms with Crippen molar-refractivity contribution in [2.45, 2.75) is 11.8 Å². The minimum absolute atomic E-state index is 0. The maximum Gasteiger partial charge on any atom is 0.135 e. The van der Waals surface area contributed by atoms with Gasteiger partial charge in [0.05, 0.1) is 11.6 Å². The molecule has 3 aliphatic carbocycles. The molecule has 51 heavy (non-hydrogen) atoms. The molecule has 0 radical (unpaired) electrons. The Morgan fingerprint density at radius 1 is 0.627 bits per heavy atom. The number of ether oxygens (including phenoxy) is 1. The van der Waals surface area contributed by atoms with Crippen molar-refractivity contribution in [3.8, 4) is 17.3 Å². The predicted octanol–water partition coefficient (Wildman–Crippen LogP) is 10.3. The summed E-state index contributed by atoms with van der Waals surface area (Å²) in [6.45, 7) is -0.734. The van der Waals surface area contributed by atoms with E-state index in [1.165, 1.54) is 32.7 Å². The molecule has 2 aromatic heterocycles. The van der Waals surface area contributed by atoms with Crippen molar-refractivity contribution in [1.29, 1.82) is 0 Å².